The summed E-state index contributed by atoms with van der Waals surface area (Å²) >= 11 is 6.47. The van der Waals surface area contributed by atoms with Crippen LogP contribution in [0.25, 0.3) is 0 Å². The van der Waals surface area contributed by atoms with E-state index in [1.165, 1.54) is 37.7 Å². The van der Waals surface area contributed by atoms with Gasteiger partial charge in [-0.25, -0.2) is 0 Å². The Hall–Kier alpha value is -2.37. The van der Waals surface area contributed by atoms with Gasteiger partial charge in [-0.1, -0.05) is 49.1 Å². The van der Waals surface area contributed by atoms with Crippen LogP contribution in [0.2, 0.25) is 5.02 Å². The van der Waals surface area contributed by atoms with E-state index < -0.39 is 0 Å². The number of hydrogen-bond acceptors (Lipinski definition) is 4. The summed E-state index contributed by atoms with van der Waals surface area (Å²) in [6, 6.07) is 12.6. The number of nitrogens with one attached hydrogen (secondary N) is 2. The quantitative estimate of drug-likeness (QED) is 0.501. The highest BCUT2D eigenvalue weighted by molar-refractivity contribution is 6.31. The van der Waals surface area contributed by atoms with Crippen molar-refractivity contribution in [3.8, 4) is 0 Å². The fourth-order valence-electron chi connectivity index (χ4n) is 4.98. The molecule has 0 atom stereocenters. The lowest BCUT2D eigenvalue weighted by Gasteiger charge is -2.36. The minimum Gasteiger partial charge on any atom is -0.369 e. The maximum atomic E-state index is 13.0. The summed E-state index contributed by atoms with van der Waals surface area (Å²) < 4.78 is 0. The Morgan fingerprint density at radius 3 is 2.53 bits per heavy atom. The molecule has 1 fully saturated rings. The number of benzene rings is 2. The van der Waals surface area contributed by atoms with Crippen molar-refractivity contribution in [2.45, 2.75) is 64.8 Å². The molecule has 1 heterocycles. The number of carbonyl (C=O) groups excluding carboxylic acids is 1. The summed E-state index contributed by atoms with van der Waals surface area (Å²) in [4.78, 5) is 20.2. The van der Waals surface area contributed by atoms with Gasteiger partial charge >= 0.3 is 0 Å². The Morgan fingerprint density at radius 2 is 1.85 bits per heavy atom. The van der Waals surface area contributed by atoms with Crippen LogP contribution in [0.4, 0.5) is 11.4 Å². The van der Waals surface area contributed by atoms with Crippen molar-refractivity contribution in [2.24, 2.45) is 4.99 Å². The fourth-order valence-corrected chi connectivity index (χ4v) is 5.19. The number of amides is 1. The molecular weight excluding hydrogens is 444 g/mol. The Kier molecular flexibility index (Phi) is 9.97. The van der Waals surface area contributed by atoms with Crippen LogP contribution in [0.3, 0.4) is 0 Å². The van der Waals surface area contributed by atoms with Crippen LogP contribution >= 0.6 is 11.6 Å². The molecule has 0 saturated heterocycles. The monoisotopic (exact) mass is 482 g/mol. The van der Waals surface area contributed by atoms with Crippen molar-refractivity contribution < 1.29 is 4.79 Å². The molecule has 0 radical (unpaired) electrons. The molecule has 2 aliphatic rings. The number of anilines is 1. The van der Waals surface area contributed by atoms with Crippen molar-refractivity contribution in [1.29, 1.82) is 0 Å². The largest absolute Gasteiger partial charge is 0.369 e. The molecule has 6 heteroatoms. The molecule has 0 unspecified atom stereocenters. The van der Waals surface area contributed by atoms with Gasteiger partial charge in [0.2, 0.25) is 0 Å². The first-order valence-electron chi connectivity index (χ1n) is 12.6. The smallest absolute Gasteiger partial charge is 0.251 e. The lowest BCUT2D eigenvalue weighted by atomic mass is 9.93. The van der Waals surface area contributed by atoms with Crippen LogP contribution < -0.4 is 15.5 Å². The van der Waals surface area contributed by atoms with Crippen molar-refractivity contribution in [1.82, 2.24) is 10.6 Å². The van der Waals surface area contributed by atoms with Gasteiger partial charge in [-0.15, -0.1) is 0 Å². The summed E-state index contributed by atoms with van der Waals surface area (Å²) in [6.45, 7) is 5.74. The third-order valence-corrected chi connectivity index (χ3v) is 6.84. The molecule has 184 valence electrons. The van der Waals surface area contributed by atoms with E-state index >= 15 is 0 Å². The zero-order valence-electron chi connectivity index (χ0n) is 21.1. The van der Waals surface area contributed by atoms with E-state index in [0.717, 1.165) is 42.0 Å². The molecule has 2 aromatic rings. The first-order valence-corrected chi connectivity index (χ1v) is 12.9. The number of halogens is 1. The van der Waals surface area contributed by atoms with Gasteiger partial charge in [0.25, 0.3) is 5.91 Å². The van der Waals surface area contributed by atoms with E-state index in [1.807, 2.05) is 45.3 Å². The molecule has 0 spiro atoms. The minimum atomic E-state index is -0.0583. The molecule has 5 nitrogen and oxygen atoms in total. The number of hydrogen-bond donors (Lipinski definition) is 2. The average molecular weight is 483 g/mol. The van der Waals surface area contributed by atoms with Crippen LogP contribution in [0.15, 0.2) is 41.4 Å². The van der Waals surface area contributed by atoms with Gasteiger partial charge in [0.15, 0.2) is 0 Å². The summed E-state index contributed by atoms with van der Waals surface area (Å²) in [5.41, 5.74) is 6.23. The zero-order valence-corrected chi connectivity index (χ0v) is 21.8. The van der Waals surface area contributed by atoms with Crippen LogP contribution in [0, 0.1) is 6.92 Å². The normalized spacial score (nSPS) is 15.1. The molecular formula is C28H39ClN4O. The predicted octanol–water partition coefficient (Wildman–Crippen LogP) is 6.09. The summed E-state index contributed by atoms with van der Waals surface area (Å²) in [6.07, 6.45) is 7.95. The third kappa shape index (κ3) is 6.61. The molecule has 1 aliphatic heterocycles. The molecule has 0 bridgehead atoms. The lowest BCUT2D eigenvalue weighted by Crippen LogP contribution is -2.37. The van der Waals surface area contributed by atoms with Crippen LogP contribution in [-0.2, 0) is 6.42 Å². The van der Waals surface area contributed by atoms with E-state index in [4.69, 9.17) is 16.6 Å². The van der Waals surface area contributed by atoms with Gasteiger partial charge in [0.05, 0.1) is 5.69 Å². The van der Waals surface area contributed by atoms with E-state index in [2.05, 4.69) is 28.5 Å². The Balaban J connectivity index is 0.00000103. The standard InChI is InChI=1S/C26H32ClN3O.C2H7N/c1-3-30(22-10-5-4-6-11-22)25-17-20(27)16-23(18(25)2)26(31)28-14-13-21-15-19-9-7-8-12-24(19)29-21;1-3-2/h7-9,12,16-17,22H,3-6,10-11,13-15H2,1-2H3,(H,28,31);3H,1-2H3. The number of fused-ring (bicyclic) bond motifs is 1. The third-order valence-electron chi connectivity index (χ3n) is 6.62. The molecule has 1 saturated carbocycles. The zero-order chi connectivity index (χ0) is 24.5. The first kappa shape index (κ1) is 26.2. The van der Waals surface area contributed by atoms with Gasteiger partial charge in [-0.3, -0.25) is 9.79 Å². The van der Waals surface area contributed by atoms with Crippen molar-refractivity contribution in [2.75, 3.05) is 32.1 Å². The van der Waals surface area contributed by atoms with Gasteiger partial charge in [0, 0.05) is 54.0 Å². The van der Waals surface area contributed by atoms with Crippen LogP contribution in [0.1, 0.15) is 66.9 Å². The van der Waals surface area contributed by atoms with Crippen molar-refractivity contribution >= 4 is 34.6 Å². The SMILES string of the molecule is CCN(c1cc(Cl)cc(C(=O)NCCC2=Nc3ccccc3C2)c1C)C1CCCCC1.CNC. The van der Waals surface area contributed by atoms with E-state index in [1.54, 1.807) is 6.07 Å². The highest BCUT2D eigenvalue weighted by Gasteiger charge is 2.24. The highest BCUT2D eigenvalue weighted by Crippen LogP contribution is 2.33. The molecule has 34 heavy (non-hydrogen) atoms. The molecule has 4 rings (SSSR count). The Bertz CT molecular complexity index is 998. The number of carbonyl (C=O) groups is 1. The van der Waals surface area contributed by atoms with Crippen molar-refractivity contribution in [3.05, 3.63) is 58.1 Å². The Morgan fingerprint density at radius 1 is 1.15 bits per heavy atom. The molecule has 0 aromatic heterocycles. The molecule has 1 amide bonds. The fraction of sp³-hybridized carbons (Fsp3) is 0.500. The predicted molar refractivity (Wildman–Crippen MR) is 145 cm³/mol. The maximum absolute atomic E-state index is 13.0. The lowest BCUT2D eigenvalue weighted by molar-refractivity contribution is 0.0954. The highest BCUT2D eigenvalue weighted by atomic mass is 35.5. The van der Waals surface area contributed by atoms with Crippen LogP contribution in [-0.4, -0.2) is 44.8 Å². The summed E-state index contributed by atoms with van der Waals surface area (Å²) in [5.74, 6) is -0.0583. The maximum Gasteiger partial charge on any atom is 0.251 e. The van der Waals surface area contributed by atoms with Gasteiger partial charge in [0.1, 0.15) is 0 Å². The van der Waals surface area contributed by atoms with E-state index in [0.29, 0.717) is 23.2 Å². The molecule has 2 aromatic carbocycles. The molecule has 2 N–H and O–H groups in total. The summed E-state index contributed by atoms with van der Waals surface area (Å²) in [5, 5.41) is 6.46. The average Bonchev–Trinajstić information content (AvgIpc) is 3.25. The second-order valence-electron chi connectivity index (χ2n) is 9.16. The van der Waals surface area contributed by atoms with Crippen LogP contribution in [0.5, 0.6) is 0 Å². The topological polar surface area (TPSA) is 56.7 Å². The summed E-state index contributed by atoms with van der Waals surface area (Å²) in [7, 11) is 3.75. The van der Waals surface area contributed by atoms with Gasteiger partial charge < -0.3 is 15.5 Å². The van der Waals surface area contributed by atoms with Gasteiger partial charge in [-0.2, -0.15) is 0 Å². The number of nitrogens with zero attached hydrogens (tertiary/aromatic N) is 2. The second kappa shape index (κ2) is 12.9. The van der Waals surface area contributed by atoms with Crippen molar-refractivity contribution in [3.63, 3.8) is 0 Å². The molecule has 1 aliphatic carbocycles. The van der Waals surface area contributed by atoms with Gasteiger partial charge in [-0.05, 0) is 70.1 Å². The van der Waals surface area contributed by atoms with E-state index in [9.17, 15) is 4.79 Å². The number of aliphatic imine (C=N–C) groups is 1. The first-order chi connectivity index (χ1) is 16.5. The second-order valence-corrected chi connectivity index (χ2v) is 9.60. The Labute approximate surface area is 210 Å². The number of para-hydroxylation sites is 1. The number of rotatable bonds is 7. The van der Waals surface area contributed by atoms with E-state index in [-0.39, 0.29) is 5.91 Å². The minimum absolute atomic E-state index is 0.0583.